The summed E-state index contributed by atoms with van der Waals surface area (Å²) in [7, 11) is 0. The topological polar surface area (TPSA) is 116 Å². The Kier molecular flexibility index (Phi) is 14.9. The molecule has 0 radical (unpaired) electrons. The number of anilines is 1. The van der Waals surface area contributed by atoms with Crippen LogP contribution in [0.3, 0.4) is 0 Å². The maximum atomic E-state index is 5.86. The normalized spacial score (nSPS) is 11.7. The Morgan fingerprint density at radius 3 is 1.73 bits per heavy atom. The van der Waals surface area contributed by atoms with Crippen LogP contribution in [0, 0.1) is 27.7 Å². The number of nitrogens with two attached hydrogens (primary N) is 1. The third-order valence-electron chi connectivity index (χ3n) is 6.29. The lowest BCUT2D eigenvalue weighted by molar-refractivity contribution is 0.565. The number of fused-ring (bicyclic) bond motifs is 2. The molecule has 0 spiro atoms. The van der Waals surface area contributed by atoms with E-state index in [1.54, 1.807) is 6.92 Å². The van der Waals surface area contributed by atoms with Gasteiger partial charge in [-0.25, -0.2) is 9.97 Å². The molecule has 3 N–H and O–H groups in total. The fourth-order valence-corrected chi connectivity index (χ4v) is 5.31. The van der Waals surface area contributed by atoms with Gasteiger partial charge in [0.15, 0.2) is 0 Å². The molecule has 0 saturated heterocycles. The van der Waals surface area contributed by atoms with Crippen LogP contribution in [-0.4, -0.2) is 19.9 Å². The number of hydrogen-bond acceptors (Lipinski definition) is 8. The lowest BCUT2D eigenvalue weighted by Crippen LogP contribution is -2.09. The zero-order valence-electron chi connectivity index (χ0n) is 25.7. The van der Waals surface area contributed by atoms with Crippen LogP contribution in [-0.2, 0) is 0 Å². The number of halogens is 3. The third kappa shape index (κ3) is 10.7. The van der Waals surface area contributed by atoms with Gasteiger partial charge in [0.05, 0.1) is 16.8 Å². The Bertz CT molecular complexity index is 1870. The van der Waals surface area contributed by atoms with Crippen LogP contribution in [0.4, 0.5) is 5.82 Å². The van der Waals surface area contributed by atoms with E-state index in [0.717, 1.165) is 42.6 Å². The van der Waals surface area contributed by atoms with Crippen molar-refractivity contribution in [3.05, 3.63) is 109 Å². The van der Waals surface area contributed by atoms with E-state index in [2.05, 4.69) is 76.2 Å². The van der Waals surface area contributed by atoms with Gasteiger partial charge in [-0.1, -0.05) is 67.7 Å². The second kappa shape index (κ2) is 17.3. The van der Waals surface area contributed by atoms with Crippen molar-refractivity contribution >= 4 is 98.5 Å². The quantitative estimate of drug-likeness (QED) is 0.170. The average molecular weight is 797 g/mol. The molecule has 0 aliphatic carbocycles. The first-order chi connectivity index (χ1) is 20.4. The fraction of sp³-hybridized carbons (Fsp3) is 0.250. The third-order valence-corrected chi connectivity index (χ3v) is 7.56. The van der Waals surface area contributed by atoms with Gasteiger partial charge in [-0.3, -0.25) is 0 Å². The molecule has 2 aromatic carbocycles. The van der Waals surface area contributed by atoms with Crippen molar-refractivity contribution in [2.45, 2.75) is 53.6 Å². The number of furan rings is 2. The van der Waals surface area contributed by atoms with Gasteiger partial charge in [-0.15, -0.1) is 0 Å². The number of hydrogen-bond donors (Lipinski definition) is 2. The summed E-state index contributed by atoms with van der Waals surface area (Å²) in [6.45, 7) is 11.5. The Hall–Kier alpha value is -2.61. The van der Waals surface area contributed by atoms with Crippen molar-refractivity contribution in [3.8, 4) is 0 Å². The zero-order valence-corrected chi connectivity index (χ0v) is 31.7. The van der Waals surface area contributed by atoms with Gasteiger partial charge < -0.3 is 19.9 Å². The summed E-state index contributed by atoms with van der Waals surface area (Å²) in [5.41, 5.74) is 9.20. The Balaban J connectivity index is 0.000000251. The molecule has 8 nitrogen and oxygen atoms in total. The summed E-state index contributed by atoms with van der Waals surface area (Å²) in [4.78, 5) is 16.9. The molecular formula is C32H37Br2ClN6O2S2. The number of aromatic nitrogens is 4. The van der Waals surface area contributed by atoms with E-state index in [1.807, 2.05) is 76.2 Å². The number of aryl methyl sites for hydroxylation is 4. The average Bonchev–Trinajstić information content (AvgIpc) is 3.50. The van der Waals surface area contributed by atoms with Crippen molar-refractivity contribution in [1.29, 1.82) is 0 Å². The molecule has 13 heteroatoms. The van der Waals surface area contributed by atoms with Crippen molar-refractivity contribution in [2.75, 3.05) is 5.32 Å². The fourth-order valence-electron chi connectivity index (χ4n) is 4.22. The van der Waals surface area contributed by atoms with Gasteiger partial charge in [-0.2, -0.15) is 37.0 Å². The molecule has 0 bridgehead atoms. The highest BCUT2D eigenvalue weighted by Gasteiger charge is 2.14. The van der Waals surface area contributed by atoms with Crippen molar-refractivity contribution in [2.24, 2.45) is 5.73 Å². The van der Waals surface area contributed by atoms with E-state index in [-0.39, 0.29) is 39.1 Å². The van der Waals surface area contributed by atoms with Crippen LogP contribution < -0.4 is 11.1 Å². The van der Waals surface area contributed by atoms with Gasteiger partial charge >= 0.3 is 0 Å². The lowest BCUT2D eigenvalue weighted by atomic mass is 10.1. The minimum atomic E-state index is 0. The summed E-state index contributed by atoms with van der Waals surface area (Å²) < 4.78 is 13.0. The number of rotatable bonds is 4. The highest BCUT2D eigenvalue weighted by Crippen LogP contribution is 2.28. The summed E-state index contributed by atoms with van der Waals surface area (Å²) in [6.07, 6.45) is 0. The van der Waals surface area contributed by atoms with Crippen molar-refractivity contribution < 1.29 is 8.83 Å². The minimum Gasteiger partial charge on any atom is -0.443 e. The molecule has 6 aromatic rings. The molecule has 240 valence electrons. The molecule has 0 aliphatic rings. The summed E-state index contributed by atoms with van der Waals surface area (Å²) in [6, 6.07) is 20.3. The van der Waals surface area contributed by atoms with E-state index in [9.17, 15) is 0 Å². The molecule has 0 aliphatic heterocycles. The SMILES string of the molecule is C[C@H](N)c1cccc(Br)c1.Cc1nc(Cl)c2cc(C)oc2n1.Cc1nc(N[C@@H](C)c2cccc(Br)c2)c2cc(C)oc2n1.S.S. The van der Waals surface area contributed by atoms with Crippen LogP contribution in [0.5, 0.6) is 0 Å². The predicted octanol–water partition coefficient (Wildman–Crippen LogP) is 9.96. The first kappa shape index (κ1) is 38.6. The lowest BCUT2D eigenvalue weighted by Gasteiger charge is -2.16. The second-order valence-corrected chi connectivity index (χ2v) is 12.3. The molecule has 6 rings (SSSR count). The zero-order chi connectivity index (χ0) is 31.3. The molecule has 0 unspecified atom stereocenters. The number of nitrogens with zero attached hydrogens (tertiary/aromatic N) is 4. The van der Waals surface area contributed by atoms with Gasteiger partial charge in [0.25, 0.3) is 0 Å². The molecule has 4 heterocycles. The second-order valence-electron chi connectivity index (χ2n) is 10.1. The van der Waals surface area contributed by atoms with Gasteiger partial charge in [0.2, 0.25) is 11.4 Å². The first-order valence-corrected chi connectivity index (χ1v) is 15.5. The van der Waals surface area contributed by atoms with Crippen molar-refractivity contribution in [3.63, 3.8) is 0 Å². The Morgan fingerprint density at radius 2 is 1.20 bits per heavy atom. The standard InChI is InChI=1S/C16H16BrN3O.C8H10BrN.C8H7ClN2O.2H2S/c1-9-7-14-15(19-11(3)20-16(14)21-9)18-10(2)12-5-4-6-13(17)8-12;1-6(10)7-3-2-4-8(9)5-7;1-4-3-6-7(9)10-5(2)11-8(6)12-4;;/h4-8,10H,1-3H3,(H,18,19,20);2-6H,10H2,1H3;3H,1-2H3;2*1H2/t10-;6-;;;/m00.../s1. The van der Waals surface area contributed by atoms with Gasteiger partial charge in [0.1, 0.15) is 34.1 Å². The maximum absolute atomic E-state index is 5.86. The van der Waals surface area contributed by atoms with Crippen LogP contribution >= 0.6 is 70.5 Å². The van der Waals surface area contributed by atoms with Crippen LogP contribution in [0.2, 0.25) is 5.15 Å². The maximum Gasteiger partial charge on any atom is 0.231 e. The van der Waals surface area contributed by atoms with E-state index in [0.29, 0.717) is 28.2 Å². The van der Waals surface area contributed by atoms with Crippen molar-refractivity contribution in [1.82, 2.24) is 19.9 Å². The highest BCUT2D eigenvalue weighted by atomic mass is 79.9. The largest absolute Gasteiger partial charge is 0.443 e. The van der Waals surface area contributed by atoms with E-state index < -0.39 is 0 Å². The first-order valence-electron chi connectivity index (χ1n) is 13.6. The Labute approximate surface area is 299 Å². The van der Waals surface area contributed by atoms with Crippen LogP contribution in [0.1, 0.15) is 60.2 Å². The molecule has 4 aromatic heterocycles. The number of benzene rings is 2. The summed E-state index contributed by atoms with van der Waals surface area (Å²) in [5, 5.41) is 5.60. The van der Waals surface area contributed by atoms with Gasteiger partial charge in [0, 0.05) is 15.0 Å². The van der Waals surface area contributed by atoms with E-state index >= 15 is 0 Å². The molecular weight excluding hydrogens is 760 g/mol. The van der Waals surface area contributed by atoms with Crippen LogP contribution in [0.25, 0.3) is 22.2 Å². The van der Waals surface area contributed by atoms with Gasteiger partial charge in [-0.05, 0) is 89.1 Å². The predicted molar refractivity (Wildman–Crippen MR) is 201 cm³/mol. The molecule has 0 fully saturated rings. The molecule has 45 heavy (non-hydrogen) atoms. The van der Waals surface area contributed by atoms with E-state index in [1.165, 1.54) is 5.56 Å². The molecule has 2 atom stereocenters. The minimum absolute atomic E-state index is 0. The molecule has 0 saturated carbocycles. The van der Waals surface area contributed by atoms with Crippen LogP contribution in [0.15, 0.2) is 78.4 Å². The monoisotopic (exact) mass is 794 g/mol. The summed E-state index contributed by atoms with van der Waals surface area (Å²) >= 11 is 12.7. The Morgan fingerprint density at radius 1 is 0.711 bits per heavy atom. The highest BCUT2D eigenvalue weighted by molar-refractivity contribution is 9.10. The molecule has 0 amide bonds. The summed E-state index contributed by atoms with van der Waals surface area (Å²) in [5.74, 6) is 3.76. The number of nitrogens with one attached hydrogen (secondary N) is 1. The van der Waals surface area contributed by atoms with E-state index in [4.69, 9.17) is 26.2 Å². The smallest absolute Gasteiger partial charge is 0.231 e.